The largest absolute Gasteiger partial charge is 0.506 e. The molecule has 0 atom stereocenters. The van der Waals surface area contributed by atoms with Gasteiger partial charge in [-0.05, 0) is 81.9 Å². The monoisotopic (exact) mass is 603 g/mol. The van der Waals surface area contributed by atoms with Crippen LogP contribution in [-0.2, 0) is 0 Å². The quantitative estimate of drug-likeness (QED) is 0.226. The average Bonchev–Trinajstić information content (AvgIpc) is 2.51. The lowest BCUT2D eigenvalue weighted by Crippen LogP contribution is -2.18. The Morgan fingerprint density at radius 1 is 0.958 bits per heavy atom. The minimum atomic E-state index is -1.27. The second-order valence-electron chi connectivity index (χ2n) is 4.43. The van der Waals surface area contributed by atoms with E-state index >= 15 is 0 Å². The summed E-state index contributed by atoms with van der Waals surface area (Å²) in [7, 11) is 0. The number of carboxylic acid groups (broad SMARTS) is 1. The van der Waals surface area contributed by atoms with Crippen LogP contribution in [0.5, 0.6) is 5.75 Å². The van der Waals surface area contributed by atoms with Crippen molar-refractivity contribution in [2.45, 2.75) is 0 Å². The van der Waals surface area contributed by atoms with Crippen LogP contribution in [0, 0.1) is 0 Å². The van der Waals surface area contributed by atoms with E-state index in [9.17, 15) is 19.8 Å². The first kappa shape index (κ1) is 19.7. The first-order valence-corrected chi connectivity index (χ1v) is 9.59. The van der Waals surface area contributed by atoms with Crippen molar-refractivity contribution in [2.75, 3.05) is 5.32 Å². The number of aromatic hydroxyl groups is 1. The maximum absolute atomic E-state index is 12.6. The molecule has 0 bridgehead atoms. The van der Waals surface area contributed by atoms with Crippen LogP contribution in [0.4, 0.5) is 5.69 Å². The van der Waals surface area contributed by atoms with Crippen LogP contribution in [0.15, 0.2) is 36.1 Å². The van der Waals surface area contributed by atoms with E-state index in [-0.39, 0.29) is 30.8 Å². The van der Waals surface area contributed by atoms with Crippen molar-refractivity contribution in [2.24, 2.45) is 0 Å². The number of anilines is 1. The molecule has 0 saturated heterocycles. The van der Waals surface area contributed by atoms with Crippen molar-refractivity contribution < 1.29 is 19.8 Å². The topological polar surface area (TPSA) is 86.6 Å². The maximum atomic E-state index is 12.6. The SMILES string of the molecule is O=C(O)c1c(Br)c(Br)c(Br)c(Br)c1C(=O)Nc1ccc(O)c(Cl)c1. The maximum Gasteiger partial charge on any atom is 0.337 e. The molecule has 24 heavy (non-hydrogen) atoms. The number of hydrogen-bond donors (Lipinski definition) is 3. The highest BCUT2D eigenvalue weighted by Crippen LogP contribution is 2.42. The number of carbonyl (C=O) groups excluding carboxylic acids is 1. The Morgan fingerprint density at radius 3 is 2.00 bits per heavy atom. The Bertz CT molecular complexity index is 873. The van der Waals surface area contributed by atoms with Gasteiger partial charge in [-0.2, -0.15) is 0 Å². The number of hydrogen-bond acceptors (Lipinski definition) is 3. The van der Waals surface area contributed by atoms with Crippen molar-refractivity contribution in [3.8, 4) is 5.75 Å². The Labute approximate surface area is 174 Å². The first-order chi connectivity index (χ1) is 11.1. The summed E-state index contributed by atoms with van der Waals surface area (Å²) in [6, 6.07) is 4.11. The van der Waals surface area contributed by atoms with E-state index in [0.717, 1.165) is 0 Å². The normalized spacial score (nSPS) is 10.5. The Balaban J connectivity index is 2.56. The van der Waals surface area contributed by atoms with Gasteiger partial charge in [0.15, 0.2) is 0 Å². The molecule has 0 aliphatic heterocycles. The number of phenolic OH excluding ortho intramolecular Hbond substituents is 1. The summed E-state index contributed by atoms with van der Waals surface area (Å²) in [6.07, 6.45) is 0. The van der Waals surface area contributed by atoms with Gasteiger partial charge in [0.2, 0.25) is 0 Å². The zero-order valence-corrected chi connectivity index (χ0v) is 18.4. The molecule has 3 N–H and O–H groups in total. The lowest BCUT2D eigenvalue weighted by Gasteiger charge is -2.15. The molecular weight excluding hydrogens is 601 g/mol. The van der Waals surface area contributed by atoms with Crippen molar-refractivity contribution in [1.29, 1.82) is 0 Å². The average molecular weight is 607 g/mol. The molecule has 5 nitrogen and oxygen atoms in total. The van der Waals surface area contributed by atoms with E-state index in [0.29, 0.717) is 14.6 Å². The zero-order chi connectivity index (χ0) is 18.2. The summed E-state index contributed by atoms with van der Waals surface area (Å²) < 4.78 is 1.43. The molecule has 0 heterocycles. The molecule has 0 unspecified atom stereocenters. The molecule has 10 heteroatoms. The van der Waals surface area contributed by atoms with E-state index < -0.39 is 11.9 Å². The van der Waals surface area contributed by atoms with Crippen molar-refractivity contribution in [3.05, 3.63) is 52.2 Å². The number of carbonyl (C=O) groups is 2. The number of rotatable bonds is 3. The number of amides is 1. The molecule has 2 rings (SSSR count). The molecular formula is C14H6Br4ClNO4. The third-order valence-corrected chi connectivity index (χ3v) is 7.98. The van der Waals surface area contributed by atoms with Crippen LogP contribution < -0.4 is 5.32 Å². The number of phenols is 1. The van der Waals surface area contributed by atoms with Gasteiger partial charge in [-0.25, -0.2) is 4.79 Å². The third kappa shape index (κ3) is 3.80. The molecule has 126 valence electrons. The van der Waals surface area contributed by atoms with Crippen molar-refractivity contribution >= 4 is 92.9 Å². The number of benzene rings is 2. The second kappa shape index (κ2) is 7.74. The zero-order valence-electron chi connectivity index (χ0n) is 11.3. The van der Waals surface area contributed by atoms with Gasteiger partial charge >= 0.3 is 5.97 Å². The van der Waals surface area contributed by atoms with Gasteiger partial charge in [0.1, 0.15) is 5.75 Å². The molecule has 1 amide bonds. The summed E-state index contributed by atoms with van der Waals surface area (Å²) in [6.45, 7) is 0. The summed E-state index contributed by atoms with van der Waals surface area (Å²) in [5, 5.41) is 21.5. The van der Waals surface area contributed by atoms with Gasteiger partial charge in [0.25, 0.3) is 5.91 Å². The fourth-order valence-corrected chi connectivity index (χ4v) is 4.47. The molecule has 0 aromatic heterocycles. The van der Waals surface area contributed by atoms with Crippen molar-refractivity contribution in [1.82, 2.24) is 0 Å². The number of aromatic carboxylic acids is 1. The minimum absolute atomic E-state index is 0.0588. The van der Waals surface area contributed by atoms with Gasteiger partial charge in [0.05, 0.1) is 16.1 Å². The highest BCUT2D eigenvalue weighted by molar-refractivity contribution is 9.15. The lowest BCUT2D eigenvalue weighted by molar-refractivity contribution is 0.0691. The van der Waals surface area contributed by atoms with Crippen LogP contribution in [0.3, 0.4) is 0 Å². The van der Waals surface area contributed by atoms with E-state index in [1.807, 2.05) is 0 Å². The summed E-state index contributed by atoms with van der Waals surface area (Å²) >= 11 is 18.8. The lowest BCUT2D eigenvalue weighted by atomic mass is 10.1. The highest BCUT2D eigenvalue weighted by atomic mass is 79.9. The molecule has 0 saturated carbocycles. The molecule has 0 radical (unpaired) electrons. The standard InChI is InChI=1S/C14H6Br4ClNO4/c15-9-7(8(14(23)24)10(16)12(18)11(9)17)13(22)20-4-1-2-6(21)5(19)3-4/h1-3,21H,(H,20,22)(H,23,24). The van der Waals surface area contributed by atoms with Crippen LogP contribution in [0.25, 0.3) is 0 Å². The highest BCUT2D eigenvalue weighted by Gasteiger charge is 2.28. The Morgan fingerprint density at radius 2 is 1.50 bits per heavy atom. The van der Waals surface area contributed by atoms with E-state index in [4.69, 9.17) is 11.6 Å². The first-order valence-electron chi connectivity index (χ1n) is 6.04. The van der Waals surface area contributed by atoms with E-state index in [2.05, 4.69) is 69.0 Å². The molecule has 0 fully saturated rings. The molecule has 0 spiro atoms. The van der Waals surface area contributed by atoms with E-state index in [1.54, 1.807) is 0 Å². The van der Waals surface area contributed by atoms with Crippen LogP contribution >= 0.6 is 75.3 Å². The fourth-order valence-electron chi connectivity index (χ4n) is 1.82. The second-order valence-corrected chi connectivity index (χ2v) is 8.01. The van der Waals surface area contributed by atoms with Gasteiger partial charge in [-0.3, -0.25) is 4.79 Å². The van der Waals surface area contributed by atoms with Gasteiger partial charge in [-0.1, -0.05) is 11.6 Å². The third-order valence-electron chi connectivity index (χ3n) is 2.91. The smallest absolute Gasteiger partial charge is 0.337 e. The number of nitrogens with one attached hydrogen (secondary N) is 1. The Hall–Kier alpha value is -0.610. The molecule has 2 aromatic rings. The summed E-state index contributed by atoms with van der Waals surface area (Å²) in [5.41, 5.74) is 0.0224. The molecule has 0 aliphatic rings. The van der Waals surface area contributed by atoms with Gasteiger partial charge in [0, 0.05) is 23.6 Å². The predicted molar refractivity (Wildman–Crippen MR) is 105 cm³/mol. The summed E-state index contributed by atoms with van der Waals surface area (Å²) in [4.78, 5) is 24.2. The van der Waals surface area contributed by atoms with Crippen molar-refractivity contribution in [3.63, 3.8) is 0 Å². The Kier molecular flexibility index (Phi) is 6.35. The summed E-state index contributed by atoms with van der Waals surface area (Å²) in [5.74, 6) is -2.06. The van der Waals surface area contributed by atoms with Gasteiger partial charge in [-0.15, -0.1) is 0 Å². The minimum Gasteiger partial charge on any atom is -0.506 e. The van der Waals surface area contributed by atoms with Gasteiger partial charge < -0.3 is 15.5 Å². The van der Waals surface area contributed by atoms with Crippen LogP contribution in [0.1, 0.15) is 20.7 Å². The van der Waals surface area contributed by atoms with Crippen LogP contribution in [-0.4, -0.2) is 22.1 Å². The van der Waals surface area contributed by atoms with Crippen LogP contribution in [0.2, 0.25) is 5.02 Å². The predicted octanol–water partition coefficient (Wildman–Crippen LogP) is 6.05. The molecule has 2 aromatic carbocycles. The number of halogens is 5. The number of carboxylic acids is 1. The van der Waals surface area contributed by atoms with E-state index in [1.165, 1.54) is 18.2 Å². The fraction of sp³-hybridized carbons (Fsp3) is 0. The molecule has 0 aliphatic carbocycles.